The Bertz CT molecular complexity index is 995. The summed E-state index contributed by atoms with van der Waals surface area (Å²) in [6.07, 6.45) is 2.76. The van der Waals surface area contributed by atoms with Crippen molar-refractivity contribution >= 4 is 23.1 Å². The van der Waals surface area contributed by atoms with Gasteiger partial charge in [-0.3, -0.25) is 0 Å². The SMILES string of the molecule is N#Cc1cc(C2=NC3=CN=CN([O-])C3S2)ccc1Oc1ccc(F)cc1. The lowest BCUT2D eigenvalue weighted by Crippen LogP contribution is -2.27. The lowest BCUT2D eigenvalue weighted by atomic mass is 10.1. The molecule has 0 saturated carbocycles. The van der Waals surface area contributed by atoms with Gasteiger partial charge in [0.05, 0.1) is 23.8 Å². The molecule has 0 N–H and O–H groups in total. The molecule has 0 amide bonds. The summed E-state index contributed by atoms with van der Waals surface area (Å²) in [4.78, 5) is 8.26. The van der Waals surface area contributed by atoms with E-state index in [-0.39, 0.29) is 5.82 Å². The normalized spacial score (nSPS) is 18.0. The van der Waals surface area contributed by atoms with Gasteiger partial charge >= 0.3 is 0 Å². The molecule has 2 aliphatic heterocycles. The van der Waals surface area contributed by atoms with Crippen LogP contribution < -0.4 is 4.74 Å². The third kappa shape index (κ3) is 3.06. The molecule has 2 aliphatic rings. The van der Waals surface area contributed by atoms with Crippen LogP contribution in [0, 0.1) is 22.4 Å². The van der Waals surface area contributed by atoms with Gasteiger partial charge in [0.2, 0.25) is 0 Å². The molecule has 2 aromatic carbocycles. The average Bonchev–Trinajstić information content (AvgIpc) is 3.09. The highest BCUT2D eigenvalue weighted by atomic mass is 32.2. The second-order valence-corrected chi connectivity index (χ2v) is 6.51. The number of hydrogen-bond acceptors (Lipinski definition) is 7. The van der Waals surface area contributed by atoms with Gasteiger partial charge < -0.3 is 15.0 Å². The average molecular weight is 365 g/mol. The molecule has 6 nitrogen and oxygen atoms in total. The lowest BCUT2D eigenvalue weighted by molar-refractivity contribution is 0.479. The Balaban J connectivity index is 1.61. The highest BCUT2D eigenvalue weighted by Gasteiger charge is 2.28. The fourth-order valence-corrected chi connectivity index (χ4v) is 3.50. The molecule has 2 aromatic rings. The minimum Gasteiger partial charge on any atom is -0.757 e. The van der Waals surface area contributed by atoms with E-state index in [2.05, 4.69) is 16.1 Å². The van der Waals surface area contributed by atoms with Gasteiger partial charge in [-0.05, 0) is 42.5 Å². The lowest BCUT2D eigenvalue weighted by Gasteiger charge is -2.33. The van der Waals surface area contributed by atoms with Crippen LogP contribution in [0.15, 0.2) is 64.3 Å². The first-order valence-corrected chi connectivity index (χ1v) is 8.44. The molecule has 8 heteroatoms. The molecule has 0 aliphatic carbocycles. The highest BCUT2D eigenvalue weighted by Crippen LogP contribution is 2.37. The number of halogens is 1. The number of rotatable bonds is 3. The van der Waals surface area contributed by atoms with Crippen LogP contribution in [0.2, 0.25) is 0 Å². The Morgan fingerprint density at radius 2 is 2.04 bits per heavy atom. The summed E-state index contributed by atoms with van der Waals surface area (Å²) in [6.45, 7) is 0. The van der Waals surface area contributed by atoms with Crippen molar-refractivity contribution in [2.75, 3.05) is 0 Å². The highest BCUT2D eigenvalue weighted by molar-refractivity contribution is 8.15. The quantitative estimate of drug-likeness (QED) is 0.821. The second-order valence-electron chi connectivity index (χ2n) is 5.44. The molecule has 0 radical (unpaired) electrons. The molecule has 1 atom stereocenters. The maximum atomic E-state index is 13.0. The minimum atomic E-state index is -0.455. The number of aliphatic imine (C=N–C) groups is 2. The molecule has 0 fully saturated rings. The van der Waals surface area contributed by atoms with Crippen molar-refractivity contribution in [2.45, 2.75) is 5.37 Å². The standard InChI is InChI=1S/C18H10FN4O2S/c19-13-2-4-14(5-3-13)25-16-6-1-11(7-12(16)8-20)17-22-15-9-21-10-23(24)18(15)26-17/h1-7,9-10,18H/q-1. The van der Waals surface area contributed by atoms with E-state index in [0.717, 1.165) is 5.06 Å². The van der Waals surface area contributed by atoms with Crippen molar-refractivity contribution in [3.63, 3.8) is 0 Å². The topological polar surface area (TPSA) is 84.0 Å². The Hall–Kier alpha value is -3.15. The minimum absolute atomic E-state index is 0.314. The van der Waals surface area contributed by atoms with Crippen molar-refractivity contribution in [3.05, 3.63) is 76.5 Å². The zero-order valence-electron chi connectivity index (χ0n) is 13.2. The van der Waals surface area contributed by atoms with E-state index < -0.39 is 5.37 Å². The van der Waals surface area contributed by atoms with Crippen LogP contribution in [0.1, 0.15) is 11.1 Å². The first kappa shape index (κ1) is 16.3. The summed E-state index contributed by atoms with van der Waals surface area (Å²) in [5, 5.41) is 22.1. The van der Waals surface area contributed by atoms with E-state index in [9.17, 15) is 14.9 Å². The van der Waals surface area contributed by atoms with Gasteiger partial charge in [-0.15, -0.1) is 0 Å². The second kappa shape index (κ2) is 6.63. The zero-order valence-corrected chi connectivity index (χ0v) is 14.0. The molecule has 4 rings (SSSR count). The van der Waals surface area contributed by atoms with E-state index in [1.165, 1.54) is 42.4 Å². The van der Waals surface area contributed by atoms with Crippen LogP contribution in [0.3, 0.4) is 0 Å². The van der Waals surface area contributed by atoms with E-state index >= 15 is 0 Å². The van der Waals surface area contributed by atoms with E-state index in [1.54, 1.807) is 24.4 Å². The van der Waals surface area contributed by atoms with E-state index in [0.29, 0.717) is 33.4 Å². The molecule has 0 bridgehead atoms. The molecule has 2 heterocycles. The summed E-state index contributed by atoms with van der Waals surface area (Å²) in [7, 11) is 0. The summed E-state index contributed by atoms with van der Waals surface area (Å²) >= 11 is 1.30. The first-order chi connectivity index (χ1) is 12.6. The number of thioether (sulfide) groups is 1. The number of hydrogen-bond donors (Lipinski definition) is 0. The summed E-state index contributed by atoms with van der Waals surface area (Å²) in [5.74, 6) is 0.423. The summed E-state index contributed by atoms with van der Waals surface area (Å²) in [6, 6.07) is 12.7. The number of hydroxylamine groups is 2. The molecular weight excluding hydrogens is 355 g/mol. The third-order valence-electron chi connectivity index (χ3n) is 3.71. The molecule has 0 saturated heterocycles. The monoisotopic (exact) mass is 365 g/mol. The van der Waals surface area contributed by atoms with E-state index in [1.807, 2.05) is 0 Å². The van der Waals surface area contributed by atoms with Crippen LogP contribution >= 0.6 is 11.8 Å². The van der Waals surface area contributed by atoms with Gasteiger partial charge in [0, 0.05) is 5.56 Å². The fraction of sp³-hybridized carbons (Fsp3) is 0.0556. The molecular formula is C18H10FN4O2S-. The van der Waals surface area contributed by atoms with Gasteiger partial charge in [-0.25, -0.2) is 14.4 Å². The zero-order chi connectivity index (χ0) is 18.1. The van der Waals surface area contributed by atoms with Gasteiger partial charge in [-0.2, -0.15) is 5.26 Å². The van der Waals surface area contributed by atoms with Crippen molar-refractivity contribution in [1.29, 1.82) is 5.26 Å². The molecule has 1 unspecified atom stereocenters. The number of ether oxygens (including phenoxy) is 1. The van der Waals surface area contributed by atoms with Crippen LogP contribution in [-0.2, 0) is 0 Å². The fourth-order valence-electron chi connectivity index (χ4n) is 2.48. The Morgan fingerprint density at radius 1 is 1.23 bits per heavy atom. The smallest absolute Gasteiger partial charge is 0.145 e. The Morgan fingerprint density at radius 3 is 2.77 bits per heavy atom. The molecule has 0 aromatic heterocycles. The van der Waals surface area contributed by atoms with Crippen LogP contribution in [0.4, 0.5) is 4.39 Å². The van der Waals surface area contributed by atoms with E-state index in [4.69, 9.17) is 4.74 Å². The number of nitriles is 1. The number of fused-ring (bicyclic) bond motifs is 1. The molecule has 128 valence electrons. The van der Waals surface area contributed by atoms with Gasteiger partial charge in [0.1, 0.15) is 33.8 Å². The predicted octanol–water partition coefficient (Wildman–Crippen LogP) is 3.99. The summed E-state index contributed by atoms with van der Waals surface area (Å²) in [5.41, 5.74) is 1.60. The van der Waals surface area contributed by atoms with Crippen LogP contribution in [0.25, 0.3) is 0 Å². The largest absolute Gasteiger partial charge is 0.757 e. The van der Waals surface area contributed by atoms with Crippen molar-refractivity contribution in [2.24, 2.45) is 9.98 Å². The maximum absolute atomic E-state index is 13.0. The molecule has 26 heavy (non-hydrogen) atoms. The van der Waals surface area contributed by atoms with Crippen molar-refractivity contribution in [1.82, 2.24) is 5.06 Å². The number of benzene rings is 2. The van der Waals surface area contributed by atoms with Gasteiger partial charge in [0.15, 0.2) is 0 Å². The third-order valence-corrected chi connectivity index (χ3v) is 4.94. The first-order valence-electron chi connectivity index (χ1n) is 7.56. The van der Waals surface area contributed by atoms with Gasteiger partial charge in [-0.1, -0.05) is 11.8 Å². The number of nitrogens with zero attached hydrogens (tertiary/aromatic N) is 4. The maximum Gasteiger partial charge on any atom is 0.145 e. The van der Waals surface area contributed by atoms with Crippen LogP contribution in [-0.4, -0.2) is 21.8 Å². The van der Waals surface area contributed by atoms with Crippen LogP contribution in [0.5, 0.6) is 11.5 Å². The summed E-state index contributed by atoms with van der Waals surface area (Å²) < 4.78 is 18.6. The molecule has 0 spiro atoms. The van der Waals surface area contributed by atoms with Crippen molar-refractivity contribution < 1.29 is 9.13 Å². The Labute approximate surface area is 152 Å². The predicted molar refractivity (Wildman–Crippen MR) is 97.3 cm³/mol. The Kier molecular flexibility index (Phi) is 4.16. The van der Waals surface area contributed by atoms with Gasteiger partial charge in [0.25, 0.3) is 0 Å². The van der Waals surface area contributed by atoms with Crippen molar-refractivity contribution in [3.8, 4) is 17.6 Å².